The van der Waals surface area contributed by atoms with Gasteiger partial charge in [0.15, 0.2) is 11.0 Å². The smallest absolute Gasteiger partial charge is 0.240 e. The van der Waals surface area contributed by atoms with Crippen molar-refractivity contribution in [2.24, 2.45) is 0 Å². The molecule has 0 amide bonds. The highest BCUT2D eigenvalue weighted by molar-refractivity contribution is 7.99. The van der Waals surface area contributed by atoms with Gasteiger partial charge in [0.05, 0.1) is 17.9 Å². The lowest BCUT2D eigenvalue weighted by Gasteiger charge is -2.15. The van der Waals surface area contributed by atoms with Crippen LogP contribution in [0.2, 0.25) is 0 Å². The zero-order valence-corrected chi connectivity index (χ0v) is 19.6. The van der Waals surface area contributed by atoms with E-state index in [2.05, 4.69) is 20.3 Å². The first-order chi connectivity index (χ1) is 16.5. The summed E-state index contributed by atoms with van der Waals surface area (Å²) in [6, 6.07) is 11.0. The molecule has 0 spiro atoms. The second-order valence-electron chi connectivity index (χ2n) is 8.24. The Balaban J connectivity index is 1.40. The van der Waals surface area contributed by atoms with Crippen LogP contribution in [0, 0.1) is 18.6 Å². The fourth-order valence-corrected chi connectivity index (χ4v) is 4.69. The molecule has 0 radical (unpaired) electrons. The van der Waals surface area contributed by atoms with Gasteiger partial charge in [-0.1, -0.05) is 29.1 Å². The van der Waals surface area contributed by atoms with Gasteiger partial charge >= 0.3 is 0 Å². The highest BCUT2D eigenvalue weighted by Crippen LogP contribution is 2.36. The molecule has 2 aromatic heterocycles. The fraction of sp³-hybridized carbons (Fsp3) is 0.333. The molecule has 0 N–H and O–H groups in total. The summed E-state index contributed by atoms with van der Waals surface area (Å²) in [4.78, 5) is 4.47. The van der Waals surface area contributed by atoms with Crippen molar-refractivity contribution >= 4 is 11.8 Å². The Labute approximate surface area is 199 Å². The molecule has 1 aliphatic rings. The van der Waals surface area contributed by atoms with Gasteiger partial charge in [0, 0.05) is 17.7 Å². The highest BCUT2D eigenvalue weighted by atomic mass is 32.2. The minimum Gasteiger partial charge on any atom is -0.376 e. The van der Waals surface area contributed by atoms with Crippen LogP contribution in [0.1, 0.15) is 36.5 Å². The van der Waals surface area contributed by atoms with Crippen LogP contribution in [0.3, 0.4) is 0 Å². The number of halogens is 2. The molecule has 2 unspecified atom stereocenters. The minimum atomic E-state index is -0.318. The summed E-state index contributed by atoms with van der Waals surface area (Å²) in [5.74, 6) is 0.747. The number of ether oxygens (including phenoxy) is 1. The molecule has 1 aliphatic heterocycles. The van der Waals surface area contributed by atoms with Crippen LogP contribution in [0.25, 0.3) is 22.8 Å². The lowest BCUT2D eigenvalue weighted by molar-refractivity contribution is 0.0953. The van der Waals surface area contributed by atoms with Crippen molar-refractivity contribution in [2.45, 2.75) is 49.7 Å². The molecule has 4 aromatic rings. The van der Waals surface area contributed by atoms with Crippen molar-refractivity contribution in [1.82, 2.24) is 24.9 Å². The third kappa shape index (κ3) is 4.74. The quantitative estimate of drug-likeness (QED) is 0.316. The van der Waals surface area contributed by atoms with Crippen molar-refractivity contribution in [1.29, 1.82) is 0 Å². The van der Waals surface area contributed by atoms with E-state index in [0.717, 1.165) is 25.0 Å². The van der Waals surface area contributed by atoms with Gasteiger partial charge in [-0.15, -0.1) is 10.2 Å². The molecular formula is C24H23F2N5O2S. The van der Waals surface area contributed by atoms with Crippen LogP contribution in [0.5, 0.6) is 0 Å². The van der Waals surface area contributed by atoms with Gasteiger partial charge in [0.1, 0.15) is 11.6 Å². The standard InChI is InChI=1S/C24H23F2N5O2S/c1-14-5-6-17(12-20(14)26)21-27-23(33-30-21)15(2)34-24-29-28-22(16-7-9-18(25)10-8-16)31(24)13-19-4-3-11-32-19/h5-10,12,15,19H,3-4,11,13H2,1-2H3. The van der Waals surface area contributed by atoms with Gasteiger partial charge in [-0.2, -0.15) is 4.98 Å². The molecule has 1 saturated heterocycles. The molecule has 3 heterocycles. The number of aromatic nitrogens is 5. The molecule has 0 saturated carbocycles. The topological polar surface area (TPSA) is 78.9 Å². The Morgan fingerprint density at radius 3 is 2.65 bits per heavy atom. The minimum absolute atomic E-state index is 0.0660. The Kier molecular flexibility index (Phi) is 6.42. The van der Waals surface area contributed by atoms with E-state index in [0.29, 0.717) is 40.4 Å². The number of rotatable bonds is 7. The Morgan fingerprint density at radius 2 is 1.91 bits per heavy atom. The van der Waals surface area contributed by atoms with Gasteiger partial charge in [-0.05, 0) is 62.6 Å². The summed E-state index contributed by atoms with van der Waals surface area (Å²) in [7, 11) is 0. The van der Waals surface area contributed by atoms with E-state index < -0.39 is 0 Å². The molecule has 0 aliphatic carbocycles. The first-order valence-electron chi connectivity index (χ1n) is 11.1. The van der Waals surface area contributed by atoms with Gasteiger partial charge < -0.3 is 9.26 Å². The number of aryl methyl sites for hydroxylation is 1. The highest BCUT2D eigenvalue weighted by Gasteiger charge is 2.25. The third-order valence-electron chi connectivity index (χ3n) is 5.73. The van der Waals surface area contributed by atoms with E-state index in [1.54, 1.807) is 31.2 Å². The second kappa shape index (κ2) is 9.63. The molecule has 2 aromatic carbocycles. The normalized spacial score (nSPS) is 16.8. The lowest BCUT2D eigenvalue weighted by Crippen LogP contribution is -2.16. The predicted octanol–water partition coefficient (Wildman–Crippen LogP) is 5.61. The molecule has 5 rings (SSSR count). The zero-order chi connectivity index (χ0) is 23.7. The maximum atomic E-state index is 14.0. The molecule has 2 atom stereocenters. The summed E-state index contributed by atoms with van der Waals surface area (Å²) in [5, 5.41) is 13.2. The lowest BCUT2D eigenvalue weighted by atomic mass is 10.1. The maximum absolute atomic E-state index is 14.0. The molecule has 10 heteroatoms. The van der Waals surface area contributed by atoms with Gasteiger partial charge in [0.25, 0.3) is 0 Å². The number of hydrogen-bond donors (Lipinski definition) is 0. The molecule has 7 nitrogen and oxygen atoms in total. The number of hydrogen-bond acceptors (Lipinski definition) is 7. The molecular weight excluding hydrogens is 460 g/mol. The predicted molar refractivity (Wildman–Crippen MR) is 123 cm³/mol. The van der Waals surface area contributed by atoms with Crippen LogP contribution >= 0.6 is 11.8 Å². The average Bonchev–Trinajstić information content (AvgIpc) is 3.59. The molecule has 34 heavy (non-hydrogen) atoms. The van der Waals surface area contributed by atoms with Crippen molar-refractivity contribution < 1.29 is 18.0 Å². The fourth-order valence-electron chi connectivity index (χ4n) is 3.80. The third-order valence-corrected chi connectivity index (χ3v) is 6.80. The monoisotopic (exact) mass is 483 g/mol. The Hall–Kier alpha value is -3.11. The van der Waals surface area contributed by atoms with E-state index >= 15 is 0 Å². The van der Waals surface area contributed by atoms with E-state index in [9.17, 15) is 8.78 Å². The summed E-state index contributed by atoms with van der Waals surface area (Å²) in [6.45, 7) is 4.96. The van der Waals surface area contributed by atoms with E-state index in [1.807, 2.05) is 11.5 Å². The first kappa shape index (κ1) is 22.7. The molecule has 1 fully saturated rings. The largest absolute Gasteiger partial charge is 0.376 e. The van der Waals surface area contributed by atoms with Crippen LogP contribution in [0.4, 0.5) is 8.78 Å². The van der Waals surface area contributed by atoms with Gasteiger partial charge in [-0.3, -0.25) is 4.57 Å². The average molecular weight is 484 g/mol. The van der Waals surface area contributed by atoms with Crippen LogP contribution in [-0.4, -0.2) is 37.6 Å². The van der Waals surface area contributed by atoms with Crippen molar-refractivity contribution in [3.8, 4) is 22.8 Å². The van der Waals surface area contributed by atoms with Crippen molar-refractivity contribution in [2.75, 3.05) is 6.61 Å². The van der Waals surface area contributed by atoms with Gasteiger partial charge in [0.2, 0.25) is 11.7 Å². The van der Waals surface area contributed by atoms with E-state index in [1.165, 1.54) is 30.0 Å². The molecule has 0 bridgehead atoms. The summed E-state index contributed by atoms with van der Waals surface area (Å²) in [6.07, 6.45) is 2.04. The van der Waals surface area contributed by atoms with Crippen LogP contribution in [-0.2, 0) is 11.3 Å². The second-order valence-corrected chi connectivity index (χ2v) is 9.55. The van der Waals surface area contributed by atoms with Gasteiger partial charge in [-0.25, -0.2) is 8.78 Å². The first-order valence-corrected chi connectivity index (χ1v) is 11.9. The number of nitrogens with zero attached hydrogens (tertiary/aromatic N) is 5. The number of benzene rings is 2. The van der Waals surface area contributed by atoms with Crippen molar-refractivity contribution in [3.05, 3.63) is 65.6 Å². The van der Waals surface area contributed by atoms with Crippen LogP contribution in [0.15, 0.2) is 52.1 Å². The number of thioether (sulfide) groups is 1. The van der Waals surface area contributed by atoms with E-state index in [-0.39, 0.29) is 23.0 Å². The van der Waals surface area contributed by atoms with E-state index in [4.69, 9.17) is 9.26 Å². The Bertz CT molecular complexity index is 1290. The SMILES string of the molecule is Cc1ccc(-c2noc(C(C)Sc3nnc(-c4ccc(F)cc4)n3CC3CCCO3)n2)cc1F. The maximum Gasteiger partial charge on any atom is 0.240 e. The summed E-state index contributed by atoms with van der Waals surface area (Å²) in [5.41, 5.74) is 1.88. The zero-order valence-electron chi connectivity index (χ0n) is 18.7. The van der Waals surface area contributed by atoms with Crippen LogP contribution < -0.4 is 0 Å². The van der Waals surface area contributed by atoms with Crippen molar-refractivity contribution in [3.63, 3.8) is 0 Å². The molecule has 176 valence electrons. The summed E-state index contributed by atoms with van der Waals surface area (Å²) < 4.78 is 40.7. The Morgan fingerprint density at radius 1 is 1.12 bits per heavy atom. The summed E-state index contributed by atoms with van der Waals surface area (Å²) >= 11 is 1.43.